The summed E-state index contributed by atoms with van der Waals surface area (Å²) in [6.07, 6.45) is 6.27. The van der Waals surface area contributed by atoms with Crippen molar-refractivity contribution in [2.24, 2.45) is 0 Å². The van der Waals surface area contributed by atoms with E-state index in [1.807, 2.05) is 17.9 Å². The Morgan fingerprint density at radius 2 is 1.83 bits per heavy atom. The number of carbonyl (C=O) groups excluding carboxylic acids is 1. The first-order valence-electron chi connectivity index (χ1n) is 9.33. The van der Waals surface area contributed by atoms with Gasteiger partial charge in [-0.1, -0.05) is 12.5 Å². The van der Waals surface area contributed by atoms with Gasteiger partial charge >= 0.3 is 6.03 Å². The SMILES string of the molecule is Cc1ccc(CNC(=O)N2CCC(N3CCCCC3)CC2)nc1C. The normalized spacial score (nSPS) is 20.2. The van der Waals surface area contributed by atoms with Gasteiger partial charge in [0.2, 0.25) is 0 Å². The molecule has 132 valence electrons. The first-order chi connectivity index (χ1) is 11.6. The van der Waals surface area contributed by atoms with E-state index in [9.17, 15) is 4.79 Å². The number of aromatic nitrogens is 1. The molecule has 2 fully saturated rings. The van der Waals surface area contributed by atoms with Crippen molar-refractivity contribution >= 4 is 6.03 Å². The van der Waals surface area contributed by atoms with Crippen LogP contribution in [0.1, 0.15) is 49.1 Å². The fraction of sp³-hybridized carbons (Fsp3) is 0.684. The van der Waals surface area contributed by atoms with Crippen LogP contribution in [-0.2, 0) is 6.54 Å². The van der Waals surface area contributed by atoms with Crippen molar-refractivity contribution in [3.63, 3.8) is 0 Å². The summed E-state index contributed by atoms with van der Waals surface area (Å²) in [6.45, 7) is 8.79. The molecular weight excluding hydrogens is 300 g/mol. The lowest BCUT2D eigenvalue weighted by Gasteiger charge is -2.40. The summed E-state index contributed by atoms with van der Waals surface area (Å²) >= 11 is 0. The molecule has 5 nitrogen and oxygen atoms in total. The summed E-state index contributed by atoms with van der Waals surface area (Å²) in [4.78, 5) is 21.5. The van der Waals surface area contributed by atoms with Crippen molar-refractivity contribution in [1.82, 2.24) is 20.1 Å². The summed E-state index contributed by atoms with van der Waals surface area (Å²) in [7, 11) is 0. The number of nitrogens with zero attached hydrogens (tertiary/aromatic N) is 3. The minimum atomic E-state index is 0.0483. The third kappa shape index (κ3) is 4.26. The Kier molecular flexibility index (Phi) is 5.72. The number of piperidine rings is 2. The molecule has 2 aliphatic heterocycles. The van der Waals surface area contributed by atoms with E-state index in [0.717, 1.165) is 37.3 Å². The summed E-state index contributed by atoms with van der Waals surface area (Å²) in [5.41, 5.74) is 3.14. The van der Waals surface area contributed by atoms with Gasteiger partial charge in [0.1, 0.15) is 0 Å². The van der Waals surface area contributed by atoms with E-state index >= 15 is 0 Å². The van der Waals surface area contributed by atoms with Gasteiger partial charge < -0.3 is 15.1 Å². The Morgan fingerprint density at radius 3 is 2.50 bits per heavy atom. The van der Waals surface area contributed by atoms with Crippen LogP contribution in [0.15, 0.2) is 12.1 Å². The van der Waals surface area contributed by atoms with Crippen LogP contribution in [0.5, 0.6) is 0 Å². The monoisotopic (exact) mass is 330 g/mol. The van der Waals surface area contributed by atoms with Crippen LogP contribution in [0.25, 0.3) is 0 Å². The Morgan fingerprint density at radius 1 is 1.12 bits per heavy atom. The van der Waals surface area contributed by atoms with E-state index in [1.165, 1.54) is 37.9 Å². The highest BCUT2D eigenvalue weighted by molar-refractivity contribution is 5.74. The van der Waals surface area contributed by atoms with Gasteiger partial charge in [-0.25, -0.2) is 4.79 Å². The van der Waals surface area contributed by atoms with E-state index < -0.39 is 0 Å². The summed E-state index contributed by atoms with van der Waals surface area (Å²) < 4.78 is 0. The zero-order valence-electron chi connectivity index (χ0n) is 15.1. The van der Waals surface area contributed by atoms with Crippen LogP contribution in [0.4, 0.5) is 4.79 Å². The fourth-order valence-electron chi connectivity index (χ4n) is 3.78. The first-order valence-corrected chi connectivity index (χ1v) is 9.33. The average Bonchev–Trinajstić information content (AvgIpc) is 2.63. The summed E-state index contributed by atoms with van der Waals surface area (Å²) in [6, 6.07) is 4.78. The molecule has 1 aromatic rings. The van der Waals surface area contributed by atoms with Crippen LogP contribution >= 0.6 is 0 Å². The Bertz CT molecular complexity index is 560. The zero-order chi connectivity index (χ0) is 16.9. The second-order valence-electron chi connectivity index (χ2n) is 7.18. The number of amides is 2. The number of rotatable bonds is 3. The third-order valence-corrected chi connectivity index (χ3v) is 5.49. The molecule has 3 rings (SSSR count). The molecule has 5 heteroatoms. The van der Waals surface area contributed by atoms with Gasteiger partial charge in [0, 0.05) is 24.8 Å². The highest BCUT2D eigenvalue weighted by atomic mass is 16.2. The molecule has 0 spiro atoms. The van der Waals surface area contributed by atoms with Gasteiger partial charge in [-0.3, -0.25) is 4.98 Å². The number of aryl methyl sites for hydroxylation is 2. The molecule has 2 aliphatic rings. The Balaban J connectivity index is 1.44. The second-order valence-corrected chi connectivity index (χ2v) is 7.18. The highest BCUT2D eigenvalue weighted by Crippen LogP contribution is 2.20. The smallest absolute Gasteiger partial charge is 0.317 e. The van der Waals surface area contributed by atoms with Crippen molar-refractivity contribution in [3.05, 3.63) is 29.1 Å². The maximum atomic E-state index is 12.4. The van der Waals surface area contributed by atoms with Crippen molar-refractivity contribution in [1.29, 1.82) is 0 Å². The average molecular weight is 330 g/mol. The third-order valence-electron chi connectivity index (χ3n) is 5.49. The molecule has 0 radical (unpaired) electrons. The molecule has 0 unspecified atom stereocenters. The molecule has 1 aromatic heterocycles. The van der Waals surface area contributed by atoms with Crippen LogP contribution in [0.2, 0.25) is 0 Å². The predicted molar refractivity (Wildman–Crippen MR) is 96.0 cm³/mol. The van der Waals surface area contributed by atoms with Gasteiger partial charge in [-0.15, -0.1) is 0 Å². The topological polar surface area (TPSA) is 48.5 Å². The standard InChI is InChI=1S/C19H30N4O/c1-15-6-7-17(21-16(15)2)14-20-19(24)23-12-8-18(9-13-23)22-10-4-3-5-11-22/h6-7,18H,3-5,8-14H2,1-2H3,(H,20,24). The molecule has 0 atom stereocenters. The van der Waals surface area contributed by atoms with Gasteiger partial charge in [0.15, 0.2) is 0 Å². The second kappa shape index (κ2) is 7.97. The number of hydrogen-bond acceptors (Lipinski definition) is 3. The molecule has 3 heterocycles. The van der Waals surface area contributed by atoms with E-state index in [1.54, 1.807) is 0 Å². The minimum absolute atomic E-state index is 0.0483. The summed E-state index contributed by atoms with van der Waals surface area (Å²) in [5, 5.41) is 3.02. The van der Waals surface area contributed by atoms with Crippen LogP contribution in [0.3, 0.4) is 0 Å². The maximum absolute atomic E-state index is 12.4. The lowest BCUT2D eigenvalue weighted by molar-refractivity contribution is 0.101. The number of pyridine rings is 1. The van der Waals surface area contributed by atoms with Gasteiger partial charge in [-0.05, 0) is 64.3 Å². The van der Waals surface area contributed by atoms with Gasteiger partial charge in [-0.2, -0.15) is 0 Å². The highest BCUT2D eigenvalue weighted by Gasteiger charge is 2.27. The number of hydrogen-bond donors (Lipinski definition) is 1. The van der Waals surface area contributed by atoms with Crippen molar-refractivity contribution < 1.29 is 4.79 Å². The number of urea groups is 1. The maximum Gasteiger partial charge on any atom is 0.317 e. The number of likely N-dealkylation sites (tertiary alicyclic amines) is 2. The van der Waals surface area contributed by atoms with E-state index in [4.69, 9.17) is 0 Å². The molecule has 0 aliphatic carbocycles. The quantitative estimate of drug-likeness (QED) is 0.927. The first kappa shape index (κ1) is 17.2. The van der Waals surface area contributed by atoms with E-state index in [0.29, 0.717) is 12.6 Å². The van der Waals surface area contributed by atoms with Crippen molar-refractivity contribution in [2.75, 3.05) is 26.2 Å². The van der Waals surface area contributed by atoms with Gasteiger partial charge in [0.05, 0.1) is 12.2 Å². The van der Waals surface area contributed by atoms with Crippen molar-refractivity contribution in [2.45, 2.75) is 58.5 Å². The fourth-order valence-corrected chi connectivity index (χ4v) is 3.78. The van der Waals surface area contributed by atoms with Crippen LogP contribution < -0.4 is 5.32 Å². The number of carbonyl (C=O) groups is 1. The molecule has 0 bridgehead atoms. The molecule has 24 heavy (non-hydrogen) atoms. The van der Waals surface area contributed by atoms with Crippen molar-refractivity contribution in [3.8, 4) is 0 Å². The Labute approximate surface area is 145 Å². The molecule has 2 amide bonds. The minimum Gasteiger partial charge on any atom is -0.332 e. The largest absolute Gasteiger partial charge is 0.332 e. The molecule has 0 saturated carbocycles. The lowest BCUT2D eigenvalue weighted by Crippen LogP contribution is -2.50. The lowest BCUT2D eigenvalue weighted by atomic mass is 10.0. The van der Waals surface area contributed by atoms with Crippen LogP contribution in [0, 0.1) is 13.8 Å². The van der Waals surface area contributed by atoms with Gasteiger partial charge in [0.25, 0.3) is 0 Å². The molecule has 1 N–H and O–H groups in total. The Hall–Kier alpha value is -1.62. The van der Waals surface area contributed by atoms with Crippen LogP contribution in [-0.4, -0.2) is 53.0 Å². The van der Waals surface area contributed by atoms with E-state index in [-0.39, 0.29) is 6.03 Å². The predicted octanol–water partition coefficient (Wildman–Crippen LogP) is 2.86. The zero-order valence-corrected chi connectivity index (χ0v) is 15.1. The number of nitrogens with one attached hydrogen (secondary N) is 1. The van der Waals surface area contributed by atoms with E-state index in [2.05, 4.69) is 28.2 Å². The summed E-state index contributed by atoms with van der Waals surface area (Å²) in [5.74, 6) is 0. The molecule has 0 aromatic carbocycles. The molecule has 2 saturated heterocycles. The molecular formula is C19H30N4O.